The Morgan fingerprint density at radius 1 is 1.16 bits per heavy atom. The number of fused-ring (bicyclic) bond motifs is 3. The van der Waals surface area contributed by atoms with Gasteiger partial charge >= 0.3 is 0 Å². The minimum atomic E-state index is -0.703. The Labute approximate surface area is 222 Å². The van der Waals surface area contributed by atoms with Crippen molar-refractivity contribution in [2.75, 3.05) is 41.4 Å². The van der Waals surface area contributed by atoms with Crippen LogP contribution in [0.4, 0.5) is 21.7 Å². The molecular weight excluding hydrogens is 507 g/mol. The molecule has 6 rings (SSSR count). The highest BCUT2D eigenvalue weighted by Crippen LogP contribution is 2.38. The summed E-state index contributed by atoms with van der Waals surface area (Å²) >= 11 is 1.53. The Balaban J connectivity index is 1.17. The molecular formula is C27H25FN6O3S. The molecule has 1 N–H and O–H groups in total. The van der Waals surface area contributed by atoms with Gasteiger partial charge < -0.3 is 24.4 Å². The molecule has 0 bridgehead atoms. The summed E-state index contributed by atoms with van der Waals surface area (Å²) in [4.78, 5) is 39.7. The van der Waals surface area contributed by atoms with Gasteiger partial charge in [-0.15, -0.1) is 11.3 Å². The quantitative estimate of drug-likeness (QED) is 0.308. The minimum absolute atomic E-state index is 0.0724. The third-order valence-electron chi connectivity index (χ3n) is 7.01. The molecule has 1 saturated heterocycles. The van der Waals surface area contributed by atoms with E-state index in [1.807, 2.05) is 41.5 Å². The molecule has 2 aliphatic rings. The number of hydrogen-bond acceptors (Lipinski definition) is 8. The van der Waals surface area contributed by atoms with Crippen LogP contribution in [0.1, 0.15) is 16.2 Å². The van der Waals surface area contributed by atoms with Crippen molar-refractivity contribution in [2.45, 2.75) is 13.0 Å². The van der Waals surface area contributed by atoms with Crippen molar-refractivity contribution in [3.63, 3.8) is 0 Å². The second-order valence-electron chi connectivity index (χ2n) is 9.36. The zero-order valence-corrected chi connectivity index (χ0v) is 21.7. The molecule has 0 spiro atoms. The maximum absolute atomic E-state index is 13.2. The number of carbonyl (C=O) groups excluding carboxylic acids is 2. The Kier molecular flexibility index (Phi) is 6.07. The number of aryl methyl sites for hydroxylation is 1. The van der Waals surface area contributed by atoms with E-state index in [0.29, 0.717) is 49.3 Å². The largest absolute Gasteiger partial charge is 0.489 e. The van der Waals surface area contributed by atoms with Gasteiger partial charge in [-0.2, -0.15) is 0 Å². The molecule has 1 amide bonds. The Morgan fingerprint density at radius 2 is 1.97 bits per heavy atom. The van der Waals surface area contributed by atoms with Crippen LogP contribution in [-0.4, -0.2) is 58.5 Å². The number of nitrogens with one attached hydrogen (secondary N) is 1. The number of anilines is 3. The van der Waals surface area contributed by atoms with Crippen LogP contribution in [0.2, 0.25) is 0 Å². The second kappa shape index (κ2) is 9.56. The highest BCUT2D eigenvalue weighted by molar-refractivity contribution is 7.13. The molecule has 0 aliphatic carbocycles. The van der Waals surface area contributed by atoms with Gasteiger partial charge in [0.05, 0.1) is 24.1 Å². The van der Waals surface area contributed by atoms with Crippen LogP contribution >= 0.6 is 11.3 Å². The first-order valence-corrected chi connectivity index (χ1v) is 13.1. The number of aromatic nitrogens is 3. The summed E-state index contributed by atoms with van der Waals surface area (Å²) in [7, 11) is 1.79. The summed E-state index contributed by atoms with van der Waals surface area (Å²) in [6.45, 7) is 4.38. The molecule has 3 aromatic heterocycles. The zero-order valence-electron chi connectivity index (χ0n) is 20.8. The smallest absolute Gasteiger partial charge is 0.298 e. The van der Waals surface area contributed by atoms with E-state index in [4.69, 9.17) is 4.74 Å². The Morgan fingerprint density at radius 3 is 2.74 bits per heavy atom. The highest BCUT2D eigenvalue weighted by atomic mass is 32.1. The van der Waals surface area contributed by atoms with Crippen molar-refractivity contribution in [3.05, 3.63) is 71.4 Å². The third-order valence-corrected chi connectivity index (χ3v) is 7.91. The lowest BCUT2D eigenvalue weighted by atomic mass is 10.1. The van der Waals surface area contributed by atoms with Gasteiger partial charge in [-0.3, -0.25) is 9.59 Å². The highest BCUT2D eigenvalue weighted by Gasteiger charge is 2.34. The van der Waals surface area contributed by atoms with E-state index < -0.39 is 17.5 Å². The van der Waals surface area contributed by atoms with Gasteiger partial charge in [-0.25, -0.2) is 14.4 Å². The van der Waals surface area contributed by atoms with Gasteiger partial charge in [-0.05, 0) is 36.6 Å². The van der Waals surface area contributed by atoms with Crippen molar-refractivity contribution in [1.29, 1.82) is 0 Å². The van der Waals surface area contributed by atoms with E-state index in [1.54, 1.807) is 23.7 Å². The maximum atomic E-state index is 13.2. The fraction of sp³-hybridized carbons (Fsp3) is 0.259. The summed E-state index contributed by atoms with van der Waals surface area (Å²) in [5.74, 6) is -0.622. The summed E-state index contributed by atoms with van der Waals surface area (Å²) in [6.07, 6.45) is 2.34. The lowest BCUT2D eigenvalue weighted by Gasteiger charge is -2.45. The van der Waals surface area contributed by atoms with Gasteiger partial charge in [0.15, 0.2) is 5.82 Å². The number of carbonyl (C=O) groups is 2. The predicted octanol–water partition coefficient (Wildman–Crippen LogP) is 3.90. The van der Waals surface area contributed by atoms with Gasteiger partial charge in [0.2, 0.25) is 5.95 Å². The third kappa shape index (κ3) is 4.28. The fourth-order valence-corrected chi connectivity index (χ4v) is 5.76. The van der Waals surface area contributed by atoms with E-state index in [9.17, 15) is 14.0 Å². The number of hydrogen-bond donors (Lipinski definition) is 1. The van der Waals surface area contributed by atoms with Crippen LogP contribution < -0.4 is 19.9 Å². The fourth-order valence-electron chi connectivity index (χ4n) is 5.02. The number of ketones is 1. The van der Waals surface area contributed by atoms with E-state index in [0.717, 1.165) is 21.8 Å². The minimum Gasteiger partial charge on any atom is -0.489 e. The Bertz CT molecular complexity index is 1520. The Hall–Kier alpha value is -4.25. The zero-order chi connectivity index (χ0) is 26.4. The molecule has 11 heteroatoms. The van der Waals surface area contributed by atoms with E-state index in [2.05, 4.69) is 20.2 Å². The summed E-state index contributed by atoms with van der Waals surface area (Å²) in [5.41, 5.74) is 3.42. The van der Waals surface area contributed by atoms with E-state index >= 15 is 0 Å². The molecule has 0 saturated carbocycles. The van der Waals surface area contributed by atoms with Crippen molar-refractivity contribution in [1.82, 2.24) is 14.5 Å². The number of Topliss-reactive ketones (excluding diaryl/α,β-unsaturated/α-hetero) is 1. The number of halogens is 1. The average Bonchev–Trinajstić information content (AvgIpc) is 3.56. The number of thiophene rings is 1. The van der Waals surface area contributed by atoms with E-state index in [-0.39, 0.29) is 6.04 Å². The van der Waals surface area contributed by atoms with Gasteiger partial charge in [-0.1, -0.05) is 6.07 Å². The van der Waals surface area contributed by atoms with Crippen molar-refractivity contribution in [3.8, 4) is 16.2 Å². The molecule has 1 atom stereocenters. The predicted molar refractivity (Wildman–Crippen MR) is 144 cm³/mol. The lowest BCUT2D eigenvalue weighted by Crippen LogP contribution is -2.57. The number of amides is 1. The van der Waals surface area contributed by atoms with Gasteiger partial charge in [0.25, 0.3) is 11.7 Å². The molecule has 9 nitrogen and oxygen atoms in total. The number of ether oxygens (including phenoxy) is 1. The maximum Gasteiger partial charge on any atom is 0.298 e. The molecule has 0 unspecified atom stereocenters. The molecule has 1 aromatic carbocycles. The van der Waals surface area contributed by atoms with Crippen molar-refractivity contribution < 1.29 is 18.7 Å². The standard InChI is InChI=1S/C27H25FN6O3S/c1-16-10-20(23-4-3-9-38-23)24(32(16)2)25(35)26(36)31-18-5-6-21-22(11-18)37-15-19-14-33(7-8-34(19)21)27-29-12-17(28)13-30-27/h3-6,9-13,19H,7-8,14-15H2,1-2H3,(H,31,36)/t19-/m0/s1. The monoisotopic (exact) mass is 532 g/mol. The van der Waals surface area contributed by atoms with Crippen LogP contribution in [0.3, 0.4) is 0 Å². The van der Waals surface area contributed by atoms with Crippen LogP contribution in [0.15, 0.2) is 54.2 Å². The topological polar surface area (TPSA) is 92.6 Å². The molecule has 194 valence electrons. The van der Waals surface area contributed by atoms with Crippen LogP contribution in [0.25, 0.3) is 10.4 Å². The van der Waals surface area contributed by atoms with Crippen LogP contribution in [-0.2, 0) is 11.8 Å². The molecule has 4 aromatic rings. The summed E-state index contributed by atoms with van der Waals surface area (Å²) < 4.78 is 21.0. The number of rotatable bonds is 5. The molecule has 38 heavy (non-hydrogen) atoms. The van der Waals surface area contributed by atoms with Crippen molar-refractivity contribution >= 4 is 40.4 Å². The average molecular weight is 533 g/mol. The number of nitrogens with zero attached hydrogens (tertiary/aromatic N) is 5. The molecule has 2 aliphatic heterocycles. The van der Waals surface area contributed by atoms with Crippen LogP contribution in [0, 0.1) is 12.7 Å². The summed E-state index contributed by atoms with van der Waals surface area (Å²) in [6, 6.07) is 11.3. The first-order chi connectivity index (χ1) is 18.4. The number of benzene rings is 1. The van der Waals surface area contributed by atoms with Gasteiger partial charge in [0.1, 0.15) is 18.1 Å². The van der Waals surface area contributed by atoms with Crippen LogP contribution in [0.5, 0.6) is 5.75 Å². The molecule has 0 radical (unpaired) electrons. The van der Waals surface area contributed by atoms with Gasteiger partial charge in [0, 0.05) is 54.6 Å². The number of piperazine rings is 1. The summed E-state index contributed by atoms with van der Waals surface area (Å²) in [5, 5.41) is 4.70. The van der Waals surface area contributed by atoms with Crippen molar-refractivity contribution in [2.24, 2.45) is 7.05 Å². The molecule has 1 fully saturated rings. The first kappa shape index (κ1) is 24.1. The first-order valence-electron chi connectivity index (χ1n) is 12.2. The lowest BCUT2D eigenvalue weighted by molar-refractivity contribution is -0.112. The normalized spacial score (nSPS) is 16.4. The second-order valence-corrected chi connectivity index (χ2v) is 10.3. The SMILES string of the molecule is Cc1cc(-c2cccs2)c(C(=O)C(=O)Nc2ccc3c(c2)OC[C@@H]2CN(c4ncc(F)cn4)CCN32)n1C. The molecule has 5 heterocycles. The van der Waals surface area contributed by atoms with E-state index in [1.165, 1.54) is 23.7 Å².